The number of anilines is 1. The van der Waals surface area contributed by atoms with Gasteiger partial charge in [0.15, 0.2) is 6.54 Å². The van der Waals surface area contributed by atoms with Gasteiger partial charge in [-0.3, -0.25) is 4.79 Å². The molecule has 0 unspecified atom stereocenters. The smallest absolute Gasteiger partial charge is 0.279 e. The number of hydrogen-bond acceptors (Lipinski definition) is 2. The Morgan fingerprint density at radius 2 is 2.00 bits per heavy atom. The largest absolute Gasteiger partial charge is 0.370 e. The van der Waals surface area contributed by atoms with E-state index in [9.17, 15) is 4.79 Å². The normalized spacial score (nSPS) is 18.1. The molecule has 0 spiro atoms. The molecule has 1 N–H and O–H groups in total. The lowest BCUT2D eigenvalue weighted by Gasteiger charge is -2.36. The Bertz CT molecular complexity index is 465. The van der Waals surface area contributed by atoms with Gasteiger partial charge in [0.1, 0.15) is 13.1 Å². The Labute approximate surface area is 115 Å². The SMILES string of the molecule is Cc1ccc(C)c(NC(=O)C[N+]2(C)CCOCC2)c1. The summed E-state index contributed by atoms with van der Waals surface area (Å²) in [5.74, 6) is 0.0816. The molecule has 1 aliphatic rings. The number of likely N-dealkylation sites (N-methyl/N-ethyl adjacent to an activating group) is 1. The van der Waals surface area contributed by atoms with Gasteiger partial charge in [-0.2, -0.15) is 0 Å². The van der Waals surface area contributed by atoms with E-state index in [2.05, 4.69) is 18.4 Å². The fourth-order valence-corrected chi connectivity index (χ4v) is 2.35. The van der Waals surface area contributed by atoms with Crippen molar-refractivity contribution in [1.82, 2.24) is 0 Å². The maximum atomic E-state index is 12.2. The minimum absolute atomic E-state index is 0.0816. The number of aryl methyl sites for hydroxylation is 2. The van der Waals surface area contributed by atoms with Crippen molar-refractivity contribution in [2.24, 2.45) is 0 Å². The molecule has 1 aromatic rings. The molecule has 1 amide bonds. The van der Waals surface area contributed by atoms with Gasteiger partial charge >= 0.3 is 0 Å². The van der Waals surface area contributed by atoms with Crippen LogP contribution in [0.3, 0.4) is 0 Å². The van der Waals surface area contributed by atoms with Crippen LogP contribution in [-0.2, 0) is 9.53 Å². The van der Waals surface area contributed by atoms with E-state index in [0.29, 0.717) is 6.54 Å². The fraction of sp³-hybridized carbons (Fsp3) is 0.533. The van der Waals surface area contributed by atoms with Crippen molar-refractivity contribution < 1.29 is 14.0 Å². The Hall–Kier alpha value is -1.39. The second kappa shape index (κ2) is 5.72. The van der Waals surface area contributed by atoms with Gasteiger partial charge in [0.2, 0.25) is 0 Å². The van der Waals surface area contributed by atoms with Crippen molar-refractivity contribution in [1.29, 1.82) is 0 Å². The third kappa shape index (κ3) is 3.78. The molecule has 1 aromatic carbocycles. The number of carbonyl (C=O) groups excluding carboxylic acids is 1. The highest BCUT2D eigenvalue weighted by Crippen LogP contribution is 2.17. The third-order valence-electron chi connectivity index (χ3n) is 3.74. The van der Waals surface area contributed by atoms with Crippen LogP contribution in [0, 0.1) is 13.8 Å². The quantitative estimate of drug-likeness (QED) is 0.843. The van der Waals surface area contributed by atoms with Crippen LogP contribution in [-0.4, -0.2) is 50.3 Å². The molecule has 0 saturated carbocycles. The number of nitrogens with zero attached hydrogens (tertiary/aromatic N) is 1. The van der Waals surface area contributed by atoms with E-state index in [1.54, 1.807) is 0 Å². The van der Waals surface area contributed by atoms with Gasteiger partial charge < -0.3 is 14.5 Å². The molecule has 0 atom stereocenters. The van der Waals surface area contributed by atoms with Crippen molar-refractivity contribution in [3.8, 4) is 0 Å². The average molecular weight is 263 g/mol. The minimum atomic E-state index is 0.0816. The molecule has 0 bridgehead atoms. The van der Waals surface area contributed by atoms with Crippen LogP contribution in [0.1, 0.15) is 11.1 Å². The number of amides is 1. The second-order valence-electron chi connectivity index (χ2n) is 5.70. The molecule has 0 aliphatic carbocycles. The highest BCUT2D eigenvalue weighted by atomic mass is 16.5. The van der Waals surface area contributed by atoms with Crippen LogP contribution < -0.4 is 5.32 Å². The first-order valence-electron chi connectivity index (χ1n) is 6.77. The zero-order valence-corrected chi connectivity index (χ0v) is 12.0. The summed E-state index contributed by atoms with van der Waals surface area (Å²) in [6.07, 6.45) is 0. The molecule has 1 saturated heterocycles. The van der Waals surface area contributed by atoms with E-state index < -0.39 is 0 Å². The van der Waals surface area contributed by atoms with E-state index in [4.69, 9.17) is 4.74 Å². The molecular weight excluding hydrogens is 240 g/mol. The Balaban J connectivity index is 1.99. The van der Waals surface area contributed by atoms with Gasteiger partial charge in [-0.25, -0.2) is 0 Å². The monoisotopic (exact) mass is 263 g/mol. The third-order valence-corrected chi connectivity index (χ3v) is 3.74. The number of hydrogen-bond donors (Lipinski definition) is 1. The first-order chi connectivity index (χ1) is 8.98. The van der Waals surface area contributed by atoms with Gasteiger partial charge in [0.25, 0.3) is 5.91 Å². The van der Waals surface area contributed by atoms with Crippen molar-refractivity contribution >= 4 is 11.6 Å². The van der Waals surface area contributed by atoms with Crippen molar-refractivity contribution in [2.75, 3.05) is 45.2 Å². The van der Waals surface area contributed by atoms with Crippen LogP contribution in [0.2, 0.25) is 0 Å². The summed E-state index contributed by atoms with van der Waals surface area (Å²) >= 11 is 0. The van der Waals surface area contributed by atoms with E-state index >= 15 is 0 Å². The molecule has 0 radical (unpaired) electrons. The Morgan fingerprint density at radius 1 is 1.32 bits per heavy atom. The highest BCUT2D eigenvalue weighted by Gasteiger charge is 2.28. The lowest BCUT2D eigenvalue weighted by Crippen LogP contribution is -2.55. The standard InChI is InChI=1S/C15H22N2O2/c1-12-4-5-13(2)14(10-12)16-15(18)11-17(3)6-8-19-9-7-17/h4-5,10H,6-9,11H2,1-3H3/p+1. The van der Waals surface area contributed by atoms with Crippen molar-refractivity contribution in [2.45, 2.75) is 13.8 Å². The summed E-state index contributed by atoms with van der Waals surface area (Å²) in [6, 6.07) is 6.11. The van der Waals surface area contributed by atoms with Gasteiger partial charge in [0.05, 0.1) is 20.3 Å². The van der Waals surface area contributed by atoms with Crippen molar-refractivity contribution in [3.05, 3.63) is 29.3 Å². The van der Waals surface area contributed by atoms with Gasteiger partial charge in [-0.15, -0.1) is 0 Å². The number of benzene rings is 1. The maximum absolute atomic E-state index is 12.2. The number of morpholine rings is 1. The summed E-state index contributed by atoms with van der Waals surface area (Å²) in [4.78, 5) is 12.2. The number of rotatable bonds is 3. The number of carbonyl (C=O) groups is 1. The van der Waals surface area contributed by atoms with Crippen LogP contribution in [0.5, 0.6) is 0 Å². The lowest BCUT2D eigenvalue weighted by atomic mass is 10.1. The average Bonchev–Trinajstić information content (AvgIpc) is 2.34. The van der Waals surface area contributed by atoms with Gasteiger partial charge in [-0.1, -0.05) is 12.1 Å². The zero-order valence-electron chi connectivity index (χ0n) is 12.0. The van der Waals surface area contributed by atoms with E-state index in [0.717, 1.165) is 47.6 Å². The second-order valence-corrected chi connectivity index (χ2v) is 5.70. The molecule has 2 rings (SSSR count). The van der Waals surface area contributed by atoms with Crippen molar-refractivity contribution in [3.63, 3.8) is 0 Å². The molecule has 4 heteroatoms. The summed E-state index contributed by atoms with van der Waals surface area (Å²) < 4.78 is 6.11. The molecule has 0 aromatic heterocycles. The van der Waals surface area contributed by atoms with Crippen LogP contribution in [0.4, 0.5) is 5.69 Å². The lowest BCUT2D eigenvalue weighted by molar-refractivity contribution is -0.909. The fourth-order valence-electron chi connectivity index (χ4n) is 2.35. The highest BCUT2D eigenvalue weighted by molar-refractivity contribution is 5.92. The predicted octanol–water partition coefficient (Wildman–Crippen LogP) is 1.72. The summed E-state index contributed by atoms with van der Waals surface area (Å²) in [6.45, 7) is 7.85. The Kier molecular flexibility index (Phi) is 4.22. The Morgan fingerprint density at radius 3 is 2.68 bits per heavy atom. The molecule has 1 aliphatic heterocycles. The van der Waals surface area contributed by atoms with E-state index in [1.165, 1.54) is 0 Å². The number of nitrogens with one attached hydrogen (secondary N) is 1. The van der Waals surface area contributed by atoms with Gasteiger partial charge in [-0.05, 0) is 31.0 Å². The van der Waals surface area contributed by atoms with Crippen LogP contribution in [0.15, 0.2) is 18.2 Å². The molecule has 1 fully saturated rings. The van der Waals surface area contributed by atoms with E-state index in [1.807, 2.05) is 26.0 Å². The minimum Gasteiger partial charge on any atom is -0.370 e. The summed E-state index contributed by atoms with van der Waals surface area (Å²) in [7, 11) is 2.12. The number of ether oxygens (including phenoxy) is 1. The molecule has 1 heterocycles. The topological polar surface area (TPSA) is 38.3 Å². The first kappa shape index (κ1) is 14.0. The van der Waals surface area contributed by atoms with Crippen LogP contribution >= 0.6 is 0 Å². The van der Waals surface area contributed by atoms with Gasteiger partial charge in [0, 0.05) is 5.69 Å². The molecular formula is C15H23N2O2+. The van der Waals surface area contributed by atoms with Crippen LogP contribution in [0.25, 0.3) is 0 Å². The van der Waals surface area contributed by atoms with E-state index in [-0.39, 0.29) is 5.91 Å². The zero-order chi connectivity index (χ0) is 13.9. The summed E-state index contributed by atoms with van der Waals surface area (Å²) in [5, 5.41) is 3.03. The summed E-state index contributed by atoms with van der Waals surface area (Å²) in [5.41, 5.74) is 3.18. The molecule has 19 heavy (non-hydrogen) atoms. The molecule has 4 nitrogen and oxygen atoms in total. The predicted molar refractivity (Wildman–Crippen MR) is 76.2 cm³/mol. The number of quaternary nitrogens is 1. The first-order valence-corrected chi connectivity index (χ1v) is 6.77. The molecule has 104 valence electrons. The maximum Gasteiger partial charge on any atom is 0.279 e.